The monoisotopic (exact) mass is 346 g/mol. The van der Waals surface area contributed by atoms with E-state index in [-0.39, 0.29) is 19.1 Å². The molecule has 0 aromatic heterocycles. The van der Waals surface area contributed by atoms with Crippen LogP contribution >= 0.6 is 0 Å². The van der Waals surface area contributed by atoms with Crippen LogP contribution in [0.5, 0.6) is 11.5 Å². The van der Waals surface area contributed by atoms with Crippen molar-refractivity contribution in [3.8, 4) is 23.3 Å². The molecule has 2 rings (SSSR count). The SMILES string of the molecule is CC#CCOc1ccc(OCC(O)CNC(C)C)c2c1NC(=O)CC2. The van der Waals surface area contributed by atoms with Crippen molar-refractivity contribution in [2.45, 2.75) is 45.8 Å². The fraction of sp³-hybridized carbons (Fsp3) is 0.526. The third kappa shape index (κ3) is 5.66. The van der Waals surface area contributed by atoms with Gasteiger partial charge in [-0.1, -0.05) is 19.8 Å². The Morgan fingerprint density at radius 3 is 2.76 bits per heavy atom. The van der Waals surface area contributed by atoms with Crippen LogP contribution in [0.2, 0.25) is 0 Å². The van der Waals surface area contributed by atoms with Crippen LogP contribution in [0.3, 0.4) is 0 Å². The molecule has 1 aromatic rings. The summed E-state index contributed by atoms with van der Waals surface area (Å²) < 4.78 is 11.4. The van der Waals surface area contributed by atoms with Gasteiger partial charge in [-0.25, -0.2) is 0 Å². The van der Waals surface area contributed by atoms with Crippen LogP contribution in [0.15, 0.2) is 12.1 Å². The summed E-state index contributed by atoms with van der Waals surface area (Å²) in [7, 11) is 0. The number of carbonyl (C=O) groups is 1. The number of hydrogen-bond acceptors (Lipinski definition) is 5. The van der Waals surface area contributed by atoms with Gasteiger partial charge in [-0.2, -0.15) is 0 Å². The van der Waals surface area contributed by atoms with Crippen LogP contribution in [-0.2, 0) is 11.2 Å². The van der Waals surface area contributed by atoms with Crippen molar-refractivity contribution >= 4 is 11.6 Å². The molecular formula is C19H26N2O4. The van der Waals surface area contributed by atoms with E-state index in [1.54, 1.807) is 13.0 Å². The summed E-state index contributed by atoms with van der Waals surface area (Å²) in [4.78, 5) is 11.8. The summed E-state index contributed by atoms with van der Waals surface area (Å²) in [6.45, 7) is 6.70. The third-order valence-corrected chi connectivity index (χ3v) is 3.77. The average molecular weight is 346 g/mol. The van der Waals surface area contributed by atoms with E-state index in [0.717, 1.165) is 5.56 Å². The summed E-state index contributed by atoms with van der Waals surface area (Å²) in [5.74, 6) is 6.81. The molecule has 1 amide bonds. The summed E-state index contributed by atoms with van der Waals surface area (Å²) >= 11 is 0. The van der Waals surface area contributed by atoms with Crippen LogP contribution in [0, 0.1) is 11.8 Å². The first-order valence-electron chi connectivity index (χ1n) is 8.53. The molecule has 6 nitrogen and oxygen atoms in total. The Kier molecular flexibility index (Phi) is 7.11. The molecule has 0 bridgehead atoms. The van der Waals surface area contributed by atoms with E-state index >= 15 is 0 Å². The number of amides is 1. The summed E-state index contributed by atoms with van der Waals surface area (Å²) in [6.07, 6.45) is 0.374. The molecule has 1 heterocycles. The summed E-state index contributed by atoms with van der Waals surface area (Å²) in [5.41, 5.74) is 1.53. The van der Waals surface area contributed by atoms with Gasteiger partial charge in [0, 0.05) is 24.6 Å². The van der Waals surface area contributed by atoms with E-state index in [4.69, 9.17) is 9.47 Å². The number of nitrogens with one attached hydrogen (secondary N) is 2. The van der Waals surface area contributed by atoms with Gasteiger partial charge >= 0.3 is 0 Å². The van der Waals surface area contributed by atoms with Crippen molar-refractivity contribution < 1.29 is 19.4 Å². The molecule has 25 heavy (non-hydrogen) atoms. The lowest BCUT2D eigenvalue weighted by Gasteiger charge is -2.23. The zero-order chi connectivity index (χ0) is 18.2. The molecule has 0 spiro atoms. The van der Waals surface area contributed by atoms with Crippen molar-refractivity contribution in [3.05, 3.63) is 17.7 Å². The molecule has 0 fully saturated rings. The highest BCUT2D eigenvalue weighted by atomic mass is 16.5. The van der Waals surface area contributed by atoms with Gasteiger partial charge in [0.05, 0.1) is 5.69 Å². The molecule has 0 aliphatic carbocycles. The zero-order valence-electron chi connectivity index (χ0n) is 15.0. The van der Waals surface area contributed by atoms with E-state index in [1.807, 2.05) is 19.9 Å². The second kappa shape index (κ2) is 9.30. The molecule has 1 aliphatic heterocycles. The maximum absolute atomic E-state index is 11.8. The van der Waals surface area contributed by atoms with Gasteiger partial charge < -0.3 is 25.2 Å². The molecule has 3 N–H and O–H groups in total. The number of carbonyl (C=O) groups excluding carboxylic acids is 1. The molecule has 0 saturated carbocycles. The highest BCUT2D eigenvalue weighted by molar-refractivity contribution is 5.96. The molecule has 6 heteroatoms. The van der Waals surface area contributed by atoms with E-state index in [9.17, 15) is 9.90 Å². The van der Waals surface area contributed by atoms with Gasteiger partial charge in [0.2, 0.25) is 5.91 Å². The van der Waals surface area contributed by atoms with Crippen LogP contribution < -0.4 is 20.1 Å². The minimum atomic E-state index is -0.605. The Labute approximate surface area is 148 Å². The molecule has 1 aromatic carbocycles. The van der Waals surface area contributed by atoms with Crippen molar-refractivity contribution in [2.75, 3.05) is 25.1 Å². The second-order valence-electron chi connectivity index (χ2n) is 6.21. The van der Waals surface area contributed by atoms with Crippen LogP contribution in [0.4, 0.5) is 5.69 Å². The smallest absolute Gasteiger partial charge is 0.224 e. The molecule has 1 unspecified atom stereocenters. The average Bonchev–Trinajstić information content (AvgIpc) is 2.59. The zero-order valence-corrected chi connectivity index (χ0v) is 15.0. The normalized spacial score (nSPS) is 14.2. The maximum Gasteiger partial charge on any atom is 0.224 e. The fourth-order valence-corrected chi connectivity index (χ4v) is 2.49. The Bertz CT molecular complexity index is 661. The van der Waals surface area contributed by atoms with Gasteiger partial charge in [0.15, 0.2) is 0 Å². The van der Waals surface area contributed by atoms with Crippen LogP contribution in [0.1, 0.15) is 32.8 Å². The number of hydrogen-bond donors (Lipinski definition) is 3. The lowest BCUT2D eigenvalue weighted by atomic mass is 10.0. The molecular weight excluding hydrogens is 320 g/mol. The fourth-order valence-electron chi connectivity index (χ4n) is 2.49. The predicted molar refractivity (Wildman–Crippen MR) is 97.0 cm³/mol. The Morgan fingerprint density at radius 1 is 1.28 bits per heavy atom. The number of fused-ring (bicyclic) bond motifs is 1. The highest BCUT2D eigenvalue weighted by Gasteiger charge is 2.23. The third-order valence-electron chi connectivity index (χ3n) is 3.77. The van der Waals surface area contributed by atoms with Crippen molar-refractivity contribution in [1.82, 2.24) is 5.32 Å². The van der Waals surface area contributed by atoms with E-state index < -0.39 is 6.10 Å². The second-order valence-corrected chi connectivity index (χ2v) is 6.21. The molecule has 136 valence electrons. The largest absolute Gasteiger partial charge is 0.490 e. The topological polar surface area (TPSA) is 79.8 Å². The van der Waals surface area contributed by atoms with Gasteiger partial charge in [-0.3, -0.25) is 4.79 Å². The van der Waals surface area contributed by atoms with Gasteiger partial charge in [0.1, 0.15) is 30.8 Å². The minimum Gasteiger partial charge on any atom is -0.490 e. The highest BCUT2D eigenvalue weighted by Crippen LogP contribution is 2.38. The van der Waals surface area contributed by atoms with Gasteiger partial charge in [0.25, 0.3) is 0 Å². The number of rotatable bonds is 8. The Morgan fingerprint density at radius 2 is 2.04 bits per heavy atom. The van der Waals surface area contributed by atoms with E-state index in [0.29, 0.717) is 42.6 Å². The number of anilines is 1. The Balaban J connectivity index is 2.09. The first kappa shape index (κ1) is 19.1. The number of ether oxygens (including phenoxy) is 2. The minimum absolute atomic E-state index is 0.0442. The standard InChI is InChI=1S/C19H26N2O4/c1-4-5-10-24-17-8-7-16(15-6-9-18(23)21-19(15)17)25-12-14(22)11-20-13(2)3/h7-8,13-14,20,22H,6,9-12H2,1-3H3,(H,21,23). The lowest BCUT2D eigenvalue weighted by Crippen LogP contribution is -2.35. The first-order chi connectivity index (χ1) is 12.0. The summed E-state index contributed by atoms with van der Waals surface area (Å²) in [5, 5.41) is 16.0. The van der Waals surface area contributed by atoms with Crippen molar-refractivity contribution in [3.63, 3.8) is 0 Å². The number of aliphatic hydroxyl groups excluding tert-OH is 1. The van der Waals surface area contributed by atoms with Gasteiger partial charge in [-0.05, 0) is 25.5 Å². The molecule has 0 saturated heterocycles. The van der Waals surface area contributed by atoms with Crippen LogP contribution in [-0.4, -0.2) is 42.9 Å². The van der Waals surface area contributed by atoms with Crippen molar-refractivity contribution in [2.24, 2.45) is 0 Å². The number of benzene rings is 1. The first-order valence-corrected chi connectivity index (χ1v) is 8.53. The molecule has 1 atom stereocenters. The Hall–Kier alpha value is -2.23. The predicted octanol–water partition coefficient (Wildman–Crippen LogP) is 1.71. The molecule has 0 radical (unpaired) electrons. The quantitative estimate of drug-likeness (QED) is 0.625. The van der Waals surface area contributed by atoms with Crippen LogP contribution in [0.25, 0.3) is 0 Å². The maximum atomic E-state index is 11.8. The van der Waals surface area contributed by atoms with E-state index in [1.165, 1.54) is 0 Å². The van der Waals surface area contributed by atoms with E-state index in [2.05, 4.69) is 22.5 Å². The summed E-state index contributed by atoms with van der Waals surface area (Å²) in [6, 6.07) is 3.88. The van der Waals surface area contributed by atoms with Crippen molar-refractivity contribution in [1.29, 1.82) is 0 Å². The van der Waals surface area contributed by atoms with Gasteiger partial charge in [-0.15, -0.1) is 5.92 Å². The lowest BCUT2D eigenvalue weighted by molar-refractivity contribution is -0.116. The molecule has 1 aliphatic rings. The number of aliphatic hydroxyl groups is 1.